The van der Waals surface area contributed by atoms with Gasteiger partial charge < -0.3 is 0 Å². The van der Waals surface area contributed by atoms with E-state index in [1.807, 2.05) is 0 Å². The maximum atomic E-state index is 13.5. The Kier molecular flexibility index (Phi) is 7.45. The minimum absolute atomic E-state index is 0.0185. The van der Waals surface area contributed by atoms with Gasteiger partial charge in [-0.2, -0.15) is 52.7 Å². The summed E-state index contributed by atoms with van der Waals surface area (Å²) in [4.78, 5) is -4.63. The Balaban J connectivity index is 1.85. The SMILES string of the molecule is FC(F)(F)c1ccc(-c2sc(-c3ccc(C(F)(F)F)s3)c(-c3ccc(C(F)(F)F)s3)c2-c2ccc(C(F)(F)F)s2)s1. The molecule has 5 aromatic heterocycles. The Morgan fingerprint density at radius 3 is 0.805 bits per heavy atom. The molecule has 0 fully saturated rings. The fraction of sp³-hybridized carbons (Fsp3) is 0.167. The molecule has 5 heterocycles. The zero-order chi connectivity index (χ0) is 30.1. The number of thiophene rings is 5. The molecule has 17 heteroatoms. The van der Waals surface area contributed by atoms with E-state index in [0.29, 0.717) is 11.3 Å². The van der Waals surface area contributed by atoms with Gasteiger partial charge in [0, 0.05) is 30.6 Å². The molecule has 0 bridgehead atoms. The molecular weight excluding hydrogens is 677 g/mol. The molecule has 5 rings (SSSR count). The molecule has 0 unspecified atom stereocenters. The molecule has 0 saturated heterocycles. The van der Waals surface area contributed by atoms with Crippen LogP contribution >= 0.6 is 56.7 Å². The van der Waals surface area contributed by atoms with E-state index in [1.165, 1.54) is 0 Å². The first-order valence-corrected chi connectivity index (χ1v) is 14.8. The highest BCUT2D eigenvalue weighted by Crippen LogP contribution is 2.58. The van der Waals surface area contributed by atoms with Crippen molar-refractivity contribution >= 4 is 56.7 Å². The summed E-state index contributed by atoms with van der Waals surface area (Å²) in [5.74, 6) is 0. The summed E-state index contributed by atoms with van der Waals surface area (Å²) in [7, 11) is 0. The van der Waals surface area contributed by atoms with E-state index in [0.717, 1.165) is 48.5 Å². The van der Waals surface area contributed by atoms with Crippen LogP contribution in [0.1, 0.15) is 19.5 Å². The lowest BCUT2D eigenvalue weighted by Crippen LogP contribution is -2.00. The molecule has 5 aromatic rings. The van der Waals surface area contributed by atoms with Crippen LogP contribution in [0.5, 0.6) is 0 Å². The van der Waals surface area contributed by atoms with E-state index < -0.39 is 44.2 Å². The van der Waals surface area contributed by atoms with E-state index in [1.54, 1.807) is 0 Å². The van der Waals surface area contributed by atoms with Crippen molar-refractivity contribution in [2.45, 2.75) is 24.7 Å². The van der Waals surface area contributed by atoms with Crippen LogP contribution < -0.4 is 0 Å². The first-order chi connectivity index (χ1) is 18.8. The van der Waals surface area contributed by atoms with Gasteiger partial charge in [0.1, 0.15) is 19.5 Å². The summed E-state index contributed by atoms with van der Waals surface area (Å²) in [6.07, 6.45) is -19.1. The van der Waals surface area contributed by atoms with Gasteiger partial charge in [0.15, 0.2) is 0 Å². The van der Waals surface area contributed by atoms with E-state index in [2.05, 4.69) is 0 Å². The highest BCUT2D eigenvalue weighted by molar-refractivity contribution is 7.28. The highest BCUT2D eigenvalue weighted by Gasteiger charge is 2.38. The third-order valence-corrected chi connectivity index (χ3v) is 11.5. The molecule has 0 saturated carbocycles. The van der Waals surface area contributed by atoms with Crippen LogP contribution in [0.25, 0.3) is 40.4 Å². The fourth-order valence-electron chi connectivity index (χ4n) is 3.72. The second kappa shape index (κ2) is 10.1. The zero-order valence-corrected chi connectivity index (χ0v) is 23.3. The standard InChI is InChI=1S/C24H8F12S5/c25-21(26,27)13-5-1-9(37-13)17-18(10-2-6-14(38-10)22(28,29)30)20(12-4-8-16(40-12)24(34,35)36)41-19(17)11-3-7-15(39-11)23(31,32)33/h1-8H. The maximum Gasteiger partial charge on any atom is 0.425 e. The Labute approximate surface area is 241 Å². The van der Waals surface area contributed by atoms with E-state index in [9.17, 15) is 52.7 Å². The first kappa shape index (κ1) is 30.1. The smallest absolute Gasteiger partial charge is 0.165 e. The van der Waals surface area contributed by atoms with Gasteiger partial charge in [-0.3, -0.25) is 0 Å². The predicted molar refractivity (Wildman–Crippen MR) is 138 cm³/mol. The number of hydrogen-bond acceptors (Lipinski definition) is 5. The van der Waals surface area contributed by atoms with E-state index in [4.69, 9.17) is 0 Å². The summed E-state index contributed by atoms with van der Waals surface area (Å²) in [6, 6.07) is 7.17. The Morgan fingerprint density at radius 2 is 0.561 bits per heavy atom. The number of rotatable bonds is 4. The molecule has 0 aliphatic rings. The van der Waals surface area contributed by atoms with Gasteiger partial charge in [0.2, 0.25) is 0 Å². The summed E-state index contributed by atoms with van der Waals surface area (Å²) in [5, 5.41) is 0. The average molecular weight is 685 g/mol. The van der Waals surface area contributed by atoms with Gasteiger partial charge in [0.05, 0.1) is 9.75 Å². The van der Waals surface area contributed by atoms with Crippen molar-refractivity contribution in [3.05, 3.63) is 68.0 Å². The Morgan fingerprint density at radius 1 is 0.317 bits per heavy atom. The van der Waals surface area contributed by atoms with Crippen molar-refractivity contribution in [2.24, 2.45) is 0 Å². The van der Waals surface area contributed by atoms with E-state index in [-0.39, 0.29) is 85.7 Å². The quantitative estimate of drug-likeness (QED) is 0.165. The lowest BCUT2D eigenvalue weighted by atomic mass is 10.0. The number of alkyl halides is 12. The van der Waals surface area contributed by atoms with Crippen LogP contribution in [-0.4, -0.2) is 0 Å². The molecule has 0 nitrogen and oxygen atoms in total. The van der Waals surface area contributed by atoms with Gasteiger partial charge in [-0.1, -0.05) is 0 Å². The molecule has 0 N–H and O–H groups in total. The summed E-state index contributed by atoms with van der Waals surface area (Å²) in [5.41, 5.74) is -0.197. The second-order valence-electron chi connectivity index (χ2n) is 8.16. The third-order valence-electron chi connectivity index (χ3n) is 5.39. The minimum Gasteiger partial charge on any atom is -0.165 e. The van der Waals surface area contributed by atoms with Crippen molar-refractivity contribution in [2.75, 3.05) is 0 Å². The molecule has 218 valence electrons. The van der Waals surface area contributed by atoms with Crippen molar-refractivity contribution in [3.8, 4) is 40.4 Å². The van der Waals surface area contributed by atoms with Crippen LogP contribution in [0.3, 0.4) is 0 Å². The summed E-state index contributed by atoms with van der Waals surface area (Å²) >= 11 is 1.67. The molecule has 0 amide bonds. The van der Waals surface area contributed by atoms with Gasteiger partial charge in [-0.05, 0) is 48.5 Å². The van der Waals surface area contributed by atoms with Crippen LogP contribution in [0, 0.1) is 0 Å². The third kappa shape index (κ3) is 5.96. The van der Waals surface area contributed by atoms with Crippen LogP contribution in [0.15, 0.2) is 48.5 Å². The molecule has 0 radical (unpaired) electrons. The van der Waals surface area contributed by atoms with Crippen molar-refractivity contribution in [3.63, 3.8) is 0 Å². The Bertz CT molecular complexity index is 1570. The highest BCUT2D eigenvalue weighted by atomic mass is 32.1. The predicted octanol–water partition coefficient (Wildman–Crippen LogP) is 12.7. The zero-order valence-electron chi connectivity index (χ0n) is 19.2. The largest absolute Gasteiger partial charge is 0.425 e. The van der Waals surface area contributed by atoms with Crippen molar-refractivity contribution in [1.29, 1.82) is 0 Å². The molecule has 41 heavy (non-hydrogen) atoms. The molecular formula is C24H8F12S5. The van der Waals surface area contributed by atoms with Crippen LogP contribution in [0.4, 0.5) is 52.7 Å². The van der Waals surface area contributed by atoms with Crippen LogP contribution in [0.2, 0.25) is 0 Å². The maximum absolute atomic E-state index is 13.5. The summed E-state index contributed by atoms with van der Waals surface area (Å²) in [6.45, 7) is 0. The number of halogens is 12. The lowest BCUT2D eigenvalue weighted by Gasteiger charge is -2.07. The minimum atomic E-state index is -4.80. The van der Waals surface area contributed by atoms with Gasteiger partial charge in [0.25, 0.3) is 0 Å². The fourth-order valence-corrected chi connectivity index (χ4v) is 9.02. The average Bonchev–Trinajstić information content (AvgIpc) is 3.63. The van der Waals surface area contributed by atoms with Gasteiger partial charge in [-0.25, -0.2) is 0 Å². The molecule has 0 spiro atoms. The molecule has 0 aliphatic heterocycles. The van der Waals surface area contributed by atoms with Crippen molar-refractivity contribution in [1.82, 2.24) is 0 Å². The summed E-state index contributed by atoms with van der Waals surface area (Å²) < 4.78 is 161. The Hall–Kier alpha value is -2.34. The van der Waals surface area contributed by atoms with Gasteiger partial charge >= 0.3 is 24.7 Å². The molecule has 0 atom stereocenters. The van der Waals surface area contributed by atoms with Crippen LogP contribution in [-0.2, 0) is 24.7 Å². The monoisotopic (exact) mass is 684 g/mol. The molecule has 0 aromatic carbocycles. The normalized spacial score (nSPS) is 13.4. The topological polar surface area (TPSA) is 0 Å². The molecule has 0 aliphatic carbocycles. The second-order valence-corrected chi connectivity index (χ2v) is 13.5. The number of hydrogen-bond donors (Lipinski definition) is 0. The van der Waals surface area contributed by atoms with E-state index >= 15 is 0 Å². The first-order valence-electron chi connectivity index (χ1n) is 10.7. The lowest BCUT2D eigenvalue weighted by molar-refractivity contribution is -0.135. The van der Waals surface area contributed by atoms with Crippen molar-refractivity contribution < 1.29 is 52.7 Å². The van der Waals surface area contributed by atoms with Gasteiger partial charge in [-0.15, -0.1) is 56.7 Å².